The highest BCUT2D eigenvalue weighted by Crippen LogP contribution is 2.15. The molecule has 0 unspecified atom stereocenters. The Labute approximate surface area is 110 Å². The van der Waals surface area contributed by atoms with Gasteiger partial charge < -0.3 is 14.8 Å². The maximum absolute atomic E-state index is 10.7. The van der Waals surface area contributed by atoms with Crippen LogP contribution in [0.4, 0.5) is 0 Å². The largest absolute Gasteiger partial charge is 0.475 e. The summed E-state index contributed by atoms with van der Waals surface area (Å²) in [4.78, 5) is 17.2. The van der Waals surface area contributed by atoms with Crippen LogP contribution >= 0.6 is 15.9 Å². The van der Waals surface area contributed by atoms with Crippen molar-refractivity contribution in [3.05, 3.63) is 16.1 Å². The Bertz CT molecular complexity index is 401. The van der Waals surface area contributed by atoms with Crippen LogP contribution in [0.1, 0.15) is 16.3 Å². The summed E-state index contributed by atoms with van der Waals surface area (Å²) >= 11 is 3.20. The molecule has 5 nitrogen and oxygen atoms in total. The van der Waals surface area contributed by atoms with E-state index in [1.54, 1.807) is 0 Å². The zero-order chi connectivity index (χ0) is 13.1. The quantitative estimate of drug-likeness (QED) is 0.624. The highest BCUT2D eigenvalue weighted by atomic mass is 79.9. The van der Waals surface area contributed by atoms with Gasteiger partial charge in [0.15, 0.2) is 0 Å². The van der Waals surface area contributed by atoms with Crippen molar-refractivity contribution in [2.75, 3.05) is 6.61 Å². The van der Waals surface area contributed by atoms with E-state index in [-0.39, 0.29) is 5.82 Å². The second kappa shape index (κ2) is 5.79. The van der Waals surface area contributed by atoms with Gasteiger partial charge in [0.2, 0.25) is 5.82 Å². The van der Waals surface area contributed by atoms with Crippen molar-refractivity contribution in [2.24, 2.45) is 0 Å². The molecular weight excluding hydrogens is 304 g/mol. The zero-order valence-electron chi connectivity index (χ0n) is 10.2. The predicted octanol–water partition coefficient (Wildman–Crippen LogP) is 2.73. The smallest absolute Gasteiger partial charge is 0.371 e. The van der Waals surface area contributed by atoms with Crippen molar-refractivity contribution in [3.63, 3.8) is 0 Å². The van der Waals surface area contributed by atoms with Crippen molar-refractivity contribution < 1.29 is 14.6 Å². The van der Waals surface area contributed by atoms with Gasteiger partial charge in [0.1, 0.15) is 4.60 Å². The monoisotopic (exact) mass is 320 g/mol. The number of nitrogens with one attached hydrogen (secondary N) is 1. The number of aromatic carboxylic acids is 1. The second-order valence-electron chi connectivity index (χ2n) is 5.02. The fourth-order valence-electron chi connectivity index (χ4n) is 1.14. The Morgan fingerprint density at radius 2 is 2.18 bits per heavy atom. The summed E-state index contributed by atoms with van der Waals surface area (Å²) in [6, 6.07) is 1.09. The first-order chi connectivity index (χ1) is 7.79. The van der Waals surface area contributed by atoms with Gasteiger partial charge in [0.05, 0.1) is 12.3 Å². The van der Waals surface area contributed by atoms with E-state index in [1.165, 1.54) is 0 Å². The minimum absolute atomic E-state index is 0.0688. The minimum atomic E-state index is -1.08. The Kier molecular flexibility index (Phi) is 4.90. The third-order valence-electron chi connectivity index (χ3n) is 2.17. The summed E-state index contributed by atoms with van der Waals surface area (Å²) in [5.74, 6) is -1.14. The molecule has 0 fully saturated rings. The Morgan fingerprint density at radius 3 is 2.65 bits per heavy atom. The molecule has 0 saturated heterocycles. The topological polar surface area (TPSA) is 75.2 Å². The summed E-state index contributed by atoms with van der Waals surface area (Å²) in [5, 5.41) is 8.75. The molecule has 7 heteroatoms. The number of ether oxygens (including phenoxy) is 1. The molecule has 0 atom stereocenters. The van der Waals surface area contributed by atoms with Gasteiger partial charge in [-0.1, -0.05) is 19.6 Å². The molecule has 0 aliphatic rings. The van der Waals surface area contributed by atoms with Crippen LogP contribution in [-0.4, -0.2) is 35.7 Å². The van der Waals surface area contributed by atoms with Gasteiger partial charge in [-0.2, -0.15) is 0 Å². The first kappa shape index (κ1) is 14.4. The lowest BCUT2D eigenvalue weighted by atomic mass is 10.5. The highest BCUT2D eigenvalue weighted by Gasteiger charge is 2.15. The van der Waals surface area contributed by atoms with Crippen molar-refractivity contribution in [3.8, 4) is 0 Å². The molecular formula is C10H17BrN2O3Si. The van der Waals surface area contributed by atoms with Gasteiger partial charge in [0.25, 0.3) is 0 Å². The molecule has 1 aromatic heterocycles. The third-order valence-corrected chi connectivity index (χ3v) is 4.53. The number of aromatic nitrogens is 2. The van der Waals surface area contributed by atoms with Crippen molar-refractivity contribution >= 4 is 30.0 Å². The first-order valence-corrected chi connectivity index (χ1v) is 9.85. The lowest BCUT2D eigenvalue weighted by Gasteiger charge is -2.15. The van der Waals surface area contributed by atoms with Gasteiger partial charge >= 0.3 is 5.97 Å². The molecule has 0 bridgehead atoms. The van der Waals surface area contributed by atoms with Gasteiger partial charge in [0, 0.05) is 14.7 Å². The van der Waals surface area contributed by atoms with Gasteiger partial charge in [-0.3, -0.25) is 0 Å². The average Bonchev–Trinajstić information content (AvgIpc) is 2.54. The SMILES string of the molecule is C[Si](C)(C)CCOCc1[nH]c(C(=O)O)nc1Br. The van der Waals surface area contributed by atoms with E-state index in [0.717, 1.165) is 6.04 Å². The normalized spacial score (nSPS) is 11.8. The average molecular weight is 321 g/mol. The fraction of sp³-hybridized carbons (Fsp3) is 0.600. The molecule has 2 N–H and O–H groups in total. The van der Waals surface area contributed by atoms with Crippen LogP contribution in [0.3, 0.4) is 0 Å². The molecule has 1 heterocycles. The lowest BCUT2D eigenvalue weighted by molar-refractivity contribution is 0.0684. The standard InChI is InChI=1S/C10H17BrN2O3Si/c1-17(2,3)5-4-16-6-7-8(11)13-9(12-7)10(14)15/h4-6H2,1-3H3,(H,12,13)(H,14,15). The molecule has 1 rings (SSSR count). The van der Waals surface area contributed by atoms with E-state index in [0.29, 0.717) is 23.5 Å². The summed E-state index contributed by atoms with van der Waals surface area (Å²) in [5.41, 5.74) is 0.665. The zero-order valence-corrected chi connectivity index (χ0v) is 12.8. The number of carboxylic acid groups (broad SMARTS) is 1. The van der Waals surface area contributed by atoms with E-state index < -0.39 is 14.0 Å². The van der Waals surface area contributed by atoms with Gasteiger partial charge in [-0.15, -0.1) is 0 Å². The Balaban J connectivity index is 2.44. The van der Waals surface area contributed by atoms with Crippen molar-refractivity contribution in [1.29, 1.82) is 0 Å². The fourth-order valence-corrected chi connectivity index (χ4v) is 2.29. The highest BCUT2D eigenvalue weighted by molar-refractivity contribution is 9.10. The molecule has 0 spiro atoms. The lowest BCUT2D eigenvalue weighted by Crippen LogP contribution is -2.21. The van der Waals surface area contributed by atoms with Crippen LogP contribution in [0.25, 0.3) is 0 Å². The van der Waals surface area contributed by atoms with Crippen LogP contribution in [0.5, 0.6) is 0 Å². The maximum atomic E-state index is 10.7. The van der Waals surface area contributed by atoms with E-state index in [4.69, 9.17) is 9.84 Å². The molecule has 96 valence electrons. The van der Waals surface area contributed by atoms with Crippen LogP contribution in [0.2, 0.25) is 25.7 Å². The maximum Gasteiger partial charge on any atom is 0.371 e. The molecule has 1 aromatic rings. The number of nitrogens with zero attached hydrogens (tertiary/aromatic N) is 1. The first-order valence-electron chi connectivity index (χ1n) is 5.35. The van der Waals surface area contributed by atoms with Crippen LogP contribution in [-0.2, 0) is 11.3 Å². The summed E-state index contributed by atoms with van der Waals surface area (Å²) in [6.07, 6.45) is 0. The molecule has 0 aliphatic heterocycles. The van der Waals surface area contributed by atoms with E-state index >= 15 is 0 Å². The molecule has 0 amide bonds. The van der Waals surface area contributed by atoms with Crippen LogP contribution < -0.4 is 0 Å². The molecule has 17 heavy (non-hydrogen) atoms. The summed E-state index contributed by atoms with van der Waals surface area (Å²) < 4.78 is 6.01. The number of aromatic amines is 1. The van der Waals surface area contributed by atoms with E-state index in [2.05, 4.69) is 45.5 Å². The van der Waals surface area contributed by atoms with Crippen molar-refractivity contribution in [1.82, 2.24) is 9.97 Å². The summed E-state index contributed by atoms with van der Waals surface area (Å²) in [6.45, 7) is 7.90. The number of hydrogen-bond donors (Lipinski definition) is 2. The number of carboxylic acids is 1. The number of carbonyl (C=O) groups is 1. The minimum Gasteiger partial charge on any atom is -0.475 e. The number of imidazole rings is 1. The molecule has 0 saturated carbocycles. The molecule has 0 aliphatic carbocycles. The number of rotatable bonds is 6. The predicted molar refractivity (Wildman–Crippen MR) is 71.1 cm³/mol. The van der Waals surface area contributed by atoms with Crippen LogP contribution in [0.15, 0.2) is 4.60 Å². The summed E-state index contributed by atoms with van der Waals surface area (Å²) in [7, 11) is -1.08. The van der Waals surface area contributed by atoms with Gasteiger partial charge in [-0.05, 0) is 22.0 Å². The van der Waals surface area contributed by atoms with E-state index in [9.17, 15) is 4.79 Å². The van der Waals surface area contributed by atoms with E-state index in [1.807, 2.05) is 0 Å². The molecule has 0 radical (unpaired) electrons. The second-order valence-corrected chi connectivity index (χ2v) is 11.4. The van der Waals surface area contributed by atoms with Gasteiger partial charge in [-0.25, -0.2) is 9.78 Å². The third kappa shape index (κ3) is 5.01. The van der Waals surface area contributed by atoms with Crippen LogP contribution in [0, 0.1) is 0 Å². The molecule has 0 aromatic carbocycles. The Morgan fingerprint density at radius 1 is 1.53 bits per heavy atom. The number of halogens is 1. The number of H-pyrrole nitrogens is 1. The number of hydrogen-bond acceptors (Lipinski definition) is 3. The Hall–Kier alpha value is -0.663. The van der Waals surface area contributed by atoms with Crippen molar-refractivity contribution in [2.45, 2.75) is 32.3 Å².